The summed E-state index contributed by atoms with van der Waals surface area (Å²) in [6.45, 7) is 9.40. The molecule has 19 heavy (non-hydrogen) atoms. The largest absolute Gasteiger partial charge is 0.466 e. The first kappa shape index (κ1) is 16.0. The van der Waals surface area contributed by atoms with Gasteiger partial charge in [-0.2, -0.15) is 0 Å². The molecule has 0 aromatic carbocycles. The van der Waals surface area contributed by atoms with Gasteiger partial charge in [-0.15, -0.1) is 0 Å². The van der Waals surface area contributed by atoms with E-state index in [1.165, 1.54) is 0 Å². The van der Waals surface area contributed by atoms with Crippen LogP contribution in [0.15, 0.2) is 0 Å². The van der Waals surface area contributed by atoms with Crippen molar-refractivity contribution < 1.29 is 14.3 Å². The van der Waals surface area contributed by atoms with Crippen molar-refractivity contribution in [2.24, 2.45) is 5.92 Å². The first-order valence-electron chi connectivity index (χ1n) is 7.19. The van der Waals surface area contributed by atoms with Gasteiger partial charge in [-0.1, -0.05) is 0 Å². The molecule has 110 valence electrons. The number of carbonyl (C=O) groups excluding carboxylic acids is 2. The molecule has 1 heterocycles. The van der Waals surface area contributed by atoms with Crippen LogP contribution in [0.4, 0.5) is 0 Å². The van der Waals surface area contributed by atoms with Gasteiger partial charge in [0.1, 0.15) is 0 Å². The lowest BCUT2D eigenvalue weighted by Gasteiger charge is -2.20. The lowest BCUT2D eigenvalue weighted by molar-refractivity contribution is -0.144. The molecular weight excluding hydrogens is 244 g/mol. The van der Waals surface area contributed by atoms with Crippen molar-refractivity contribution in [1.29, 1.82) is 0 Å². The van der Waals surface area contributed by atoms with E-state index in [4.69, 9.17) is 4.74 Å². The minimum atomic E-state index is -0.301. The van der Waals surface area contributed by atoms with Crippen LogP contribution in [0.25, 0.3) is 0 Å². The predicted molar refractivity (Wildman–Crippen MR) is 73.7 cm³/mol. The predicted octanol–water partition coefficient (Wildman–Crippen LogP) is 1.18. The highest BCUT2D eigenvalue weighted by Gasteiger charge is 2.24. The fraction of sp³-hybridized carbons (Fsp3) is 0.857. The quantitative estimate of drug-likeness (QED) is 0.706. The summed E-state index contributed by atoms with van der Waals surface area (Å²) in [6.07, 6.45) is 1.53. The number of carbonyl (C=O) groups is 2. The second-order valence-electron chi connectivity index (χ2n) is 5.35. The number of hydrogen-bond donors (Lipinski definition) is 1. The smallest absolute Gasteiger partial charge is 0.306 e. The molecule has 5 heteroatoms. The number of nitrogens with zero attached hydrogens (tertiary/aromatic N) is 1. The molecule has 1 aliphatic heterocycles. The van der Waals surface area contributed by atoms with E-state index in [-0.39, 0.29) is 24.7 Å². The summed E-state index contributed by atoms with van der Waals surface area (Å²) in [6, 6.07) is 0.574. The summed E-state index contributed by atoms with van der Waals surface area (Å²) >= 11 is 0. The van der Waals surface area contributed by atoms with Crippen LogP contribution >= 0.6 is 0 Å². The lowest BCUT2D eigenvalue weighted by Crippen LogP contribution is -2.33. The van der Waals surface area contributed by atoms with Crippen LogP contribution < -0.4 is 5.32 Å². The van der Waals surface area contributed by atoms with Gasteiger partial charge in [-0.25, -0.2) is 0 Å². The molecule has 0 aromatic rings. The van der Waals surface area contributed by atoms with E-state index in [0.717, 1.165) is 19.5 Å². The van der Waals surface area contributed by atoms with Crippen LogP contribution in [0.5, 0.6) is 0 Å². The van der Waals surface area contributed by atoms with Gasteiger partial charge in [0.15, 0.2) is 0 Å². The SMILES string of the molecule is CCOC(=O)CCC(=O)NCC1CCN(C(C)C)C1. The summed E-state index contributed by atoms with van der Waals surface area (Å²) in [7, 11) is 0. The van der Waals surface area contributed by atoms with Crippen molar-refractivity contribution >= 4 is 11.9 Å². The Kier molecular flexibility index (Phi) is 6.84. The highest BCUT2D eigenvalue weighted by Crippen LogP contribution is 2.17. The highest BCUT2D eigenvalue weighted by atomic mass is 16.5. The zero-order valence-electron chi connectivity index (χ0n) is 12.3. The molecule has 0 aromatic heterocycles. The van der Waals surface area contributed by atoms with E-state index in [2.05, 4.69) is 24.1 Å². The van der Waals surface area contributed by atoms with Gasteiger partial charge in [0.2, 0.25) is 5.91 Å². The van der Waals surface area contributed by atoms with Crippen molar-refractivity contribution in [3.05, 3.63) is 0 Å². The zero-order valence-corrected chi connectivity index (χ0v) is 12.3. The summed E-state index contributed by atoms with van der Waals surface area (Å²) in [5.41, 5.74) is 0. The minimum absolute atomic E-state index is 0.0592. The summed E-state index contributed by atoms with van der Waals surface area (Å²) < 4.78 is 4.79. The van der Waals surface area contributed by atoms with E-state index < -0.39 is 0 Å². The Labute approximate surface area is 115 Å². The van der Waals surface area contributed by atoms with E-state index >= 15 is 0 Å². The van der Waals surface area contributed by atoms with E-state index in [9.17, 15) is 9.59 Å². The van der Waals surface area contributed by atoms with Crippen molar-refractivity contribution in [3.63, 3.8) is 0 Å². The number of amides is 1. The van der Waals surface area contributed by atoms with Gasteiger partial charge in [0.05, 0.1) is 13.0 Å². The van der Waals surface area contributed by atoms with Gasteiger partial charge >= 0.3 is 5.97 Å². The second-order valence-corrected chi connectivity index (χ2v) is 5.35. The number of ether oxygens (including phenoxy) is 1. The molecule has 1 rings (SSSR count). The fourth-order valence-electron chi connectivity index (χ4n) is 2.29. The Morgan fingerprint density at radius 1 is 1.37 bits per heavy atom. The lowest BCUT2D eigenvalue weighted by atomic mass is 10.1. The van der Waals surface area contributed by atoms with Gasteiger partial charge in [-0.05, 0) is 39.7 Å². The average Bonchev–Trinajstić information content (AvgIpc) is 2.83. The van der Waals surface area contributed by atoms with Gasteiger partial charge in [0, 0.05) is 25.6 Å². The molecule has 1 amide bonds. The Morgan fingerprint density at radius 3 is 2.68 bits per heavy atom. The molecule has 1 aliphatic rings. The number of esters is 1. The van der Waals surface area contributed by atoms with Crippen molar-refractivity contribution in [2.75, 3.05) is 26.2 Å². The topological polar surface area (TPSA) is 58.6 Å². The summed E-state index contributed by atoms with van der Waals surface area (Å²) in [4.78, 5) is 25.1. The number of likely N-dealkylation sites (tertiary alicyclic amines) is 1. The molecule has 1 N–H and O–H groups in total. The normalized spacial score (nSPS) is 19.7. The molecule has 0 saturated carbocycles. The second kappa shape index (κ2) is 8.15. The molecule has 0 radical (unpaired) electrons. The first-order chi connectivity index (χ1) is 9.02. The van der Waals surface area contributed by atoms with Crippen LogP contribution in [0.2, 0.25) is 0 Å². The molecule has 1 saturated heterocycles. The van der Waals surface area contributed by atoms with Crippen LogP contribution in [-0.2, 0) is 14.3 Å². The van der Waals surface area contributed by atoms with Crippen molar-refractivity contribution in [1.82, 2.24) is 10.2 Å². The molecule has 0 aliphatic carbocycles. The first-order valence-corrected chi connectivity index (χ1v) is 7.19. The minimum Gasteiger partial charge on any atom is -0.466 e. The highest BCUT2D eigenvalue weighted by molar-refractivity contribution is 5.81. The van der Waals surface area contributed by atoms with Crippen LogP contribution in [0.3, 0.4) is 0 Å². The van der Waals surface area contributed by atoms with Gasteiger partial charge < -0.3 is 15.0 Å². The van der Waals surface area contributed by atoms with Crippen molar-refractivity contribution in [3.8, 4) is 0 Å². The third kappa shape index (κ3) is 6.05. The van der Waals surface area contributed by atoms with Gasteiger partial charge in [0.25, 0.3) is 0 Å². The summed E-state index contributed by atoms with van der Waals surface area (Å²) in [5.74, 6) is 0.175. The third-order valence-corrected chi connectivity index (χ3v) is 3.50. The number of hydrogen-bond acceptors (Lipinski definition) is 4. The maximum absolute atomic E-state index is 11.6. The Hall–Kier alpha value is -1.10. The van der Waals surface area contributed by atoms with E-state index in [1.54, 1.807) is 6.92 Å². The fourth-order valence-corrected chi connectivity index (χ4v) is 2.29. The summed E-state index contributed by atoms with van der Waals surface area (Å²) in [5, 5.41) is 2.91. The molecule has 1 atom stereocenters. The van der Waals surface area contributed by atoms with E-state index in [1.807, 2.05) is 0 Å². The zero-order chi connectivity index (χ0) is 14.3. The van der Waals surface area contributed by atoms with Crippen molar-refractivity contribution in [2.45, 2.75) is 46.1 Å². The molecule has 1 unspecified atom stereocenters. The van der Waals surface area contributed by atoms with Crippen LogP contribution in [0, 0.1) is 5.92 Å². The average molecular weight is 270 g/mol. The van der Waals surface area contributed by atoms with E-state index in [0.29, 0.717) is 25.1 Å². The monoisotopic (exact) mass is 270 g/mol. The maximum atomic E-state index is 11.6. The molecule has 5 nitrogen and oxygen atoms in total. The molecule has 1 fully saturated rings. The Morgan fingerprint density at radius 2 is 2.11 bits per heavy atom. The van der Waals surface area contributed by atoms with Gasteiger partial charge in [-0.3, -0.25) is 9.59 Å². The number of nitrogens with one attached hydrogen (secondary N) is 1. The molecule has 0 spiro atoms. The Bertz CT molecular complexity index is 305. The number of rotatable bonds is 7. The molecular formula is C14H26N2O3. The molecule has 0 bridgehead atoms. The van der Waals surface area contributed by atoms with Crippen LogP contribution in [-0.4, -0.2) is 49.1 Å². The maximum Gasteiger partial charge on any atom is 0.306 e. The third-order valence-electron chi connectivity index (χ3n) is 3.50. The van der Waals surface area contributed by atoms with Crippen LogP contribution in [0.1, 0.15) is 40.0 Å². The Balaban J connectivity index is 2.12. The standard InChI is InChI=1S/C14H26N2O3/c1-4-19-14(18)6-5-13(17)15-9-12-7-8-16(10-12)11(2)3/h11-12H,4-10H2,1-3H3,(H,15,17).